The molecule has 2 aromatic rings. The first-order chi connectivity index (χ1) is 15.1. The van der Waals surface area contributed by atoms with Crippen LogP contribution in [0.5, 0.6) is 0 Å². The molecule has 0 aliphatic carbocycles. The Labute approximate surface area is 193 Å². The third-order valence-electron chi connectivity index (χ3n) is 5.62. The third kappa shape index (κ3) is 5.12. The molecule has 9 heteroatoms. The number of carbonyl (C=O) groups is 3. The van der Waals surface area contributed by atoms with Gasteiger partial charge in [0.25, 0.3) is 0 Å². The van der Waals surface area contributed by atoms with E-state index in [-0.39, 0.29) is 23.6 Å². The van der Waals surface area contributed by atoms with E-state index < -0.39 is 12.1 Å². The lowest BCUT2D eigenvalue weighted by Gasteiger charge is -2.25. The summed E-state index contributed by atoms with van der Waals surface area (Å²) in [6, 6.07) is 5.84. The van der Waals surface area contributed by atoms with Crippen LogP contribution in [-0.2, 0) is 14.4 Å². The molecule has 0 bridgehead atoms. The number of carbonyl (C=O) groups excluding carboxylic acids is 3. The van der Waals surface area contributed by atoms with E-state index in [1.165, 1.54) is 0 Å². The average Bonchev–Trinajstić information content (AvgIpc) is 3.34. The molecule has 2 heterocycles. The highest BCUT2D eigenvalue weighted by Crippen LogP contribution is 2.28. The lowest BCUT2D eigenvalue weighted by atomic mass is 10.1. The van der Waals surface area contributed by atoms with E-state index in [4.69, 9.17) is 11.6 Å². The standard InChI is InChI=1S/C23H30ClN5O3/c1-13(2)23(32)28-10-6-7-20(28)22(31)25-17-8-9-19(18(24)12-17)26-21(30)16(5)29-15(4)11-14(3)27-29/h8-9,11-13,16,20H,6-7,10H2,1-5H3,(H,25,31)(H,26,30). The highest BCUT2D eigenvalue weighted by Gasteiger charge is 2.35. The molecule has 172 valence electrons. The van der Waals surface area contributed by atoms with Gasteiger partial charge in [-0.2, -0.15) is 5.10 Å². The van der Waals surface area contributed by atoms with Crippen LogP contribution < -0.4 is 10.6 Å². The largest absolute Gasteiger partial charge is 0.330 e. The summed E-state index contributed by atoms with van der Waals surface area (Å²) < 4.78 is 1.67. The van der Waals surface area contributed by atoms with Crippen LogP contribution in [0.3, 0.4) is 0 Å². The Balaban J connectivity index is 1.66. The molecule has 1 aromatic carbocycles. The fourth-order valence-corrected chi connectivity index (χ4v) is 4.17. The number of aryl methyl sites for hydroxylation is 2. The van der Waals surface area contributed by atoms with E-state index in [2.05, 4.69) is 15.7 Å². The molecule has 2 atom stereocenters. The van der Waals surface area contributed by atoms with Gasteiger partial charge in [-0.25, -0.2) is 0 Å². The second kappa shape index (κ2) is 9.73. The van der Waals surface area contributed by atoms with Crippen LogP contribution in [-0.4, -0.2) is 45.0 Å². The Morgan fingerprint density at radius 2 is 1.84 bits per heavy atom. The number of halogens is 1. The normalized spacial score (nSPS) is 16.8. The smallest absolute Gasteiger partial charge is 0.248 e. The number of rotatable bonds is 6. The molecule has 2 N–H and O–H groups in total. The maximum atomic E-state index is 12.8. The summed E-state index contributed by atoms with van der Waals surface area (Å²) in [5.74, 6) is -0.653. The number of nitrogens with zero attached hydrogens (tertiary/aromatic N) is 3. The summed E-state index contributed by atoms with van der Waals surface area (Å²) in [4.78, 5) is 39.5. The van der Waals surface area contributed by atoms with Crippen LogP contribution >= 0.6 is 11.6 Å². The van der Waals surface area contributed by atoms with Gasteiger partial charge < -0.3 is 15.5 Å². The molecule has 3 amide bonds. The zero-order valence-electron chi connectivity index (χ0n) is 19.1. The topological polar surface area (TPSA) is 96.3 Å². The number of hydrogen-bond acceptors (Lipinski definition) is 4. The van der Waals surface area contributed by atoms with Crippen molar-refractivity contribution in [3.05, 3.63) is 40.7 Å². The number of amides is 3. The lowest BCUT2D eigenvalue weighted by Crippen LogP contribution is -2.44. The summed E-state index contributed by atoms with van der Waals surface area (Å²) in [6.07, 6.45) is 1.44. The third-order valence-corrected chi connectivity index (χ3v) is 5.93. The van der Waals surface area contributed by atoms with Gasteiger partial charge in [0, 0.05) is 23.8 Å². The first-order valence-electron chi connectivity index (χ1n) is 10.8. The van der Waals surface area contributed by atoms with E-state index in [1.807, 2.05) is 33.8 Å². The molecule has 8 nitrogen and oxygen atoms in total. The van der Waals surface area contributed by atoms with Crippen molar-refractivity contribution in [3.8, 4) is 0 Å². The van der Waals surface area contributed by atoms with E-state index in [9.17, 15) is 14.4 Å². The van der Waals surface area contributed by atoms with Gasteiger partial charge in [-0.15, -0.1) is 0 Å². The van der Waals surface area contributed by atoms with Gasteiger partial charge in [-0.05, 0) is 57.9 Å². The number of hydrogen-bond donors (Lipinski definition) is 2. The number of likely N-dealkylation sites (tertiary alicyclic amines) is 1. The monoisotopic (exact) mass is 459 g/mol. The lowest BCUT2D eigenvalue weighted by molar-refractivity contribution is -0.139. The number of anilines is 2. The van der Waals surface area contributed by atoms with Crippen molar-refractivity contribution in [1.29, 1.82) is 0 Å². The van der Waals surface area contributed by atoms with Gasteiger partial charge in [0.05, 0.1) is 16.4 Å². The molecule has 1 aliphatic rings. The predicted molar refractivity (Wildman–Crippen MR) is 125 cm³/mol. The van der Waals surface area contributed by atoms with Gasteiger partial charge in [0.2, 0.25) is 17.7 Å². The SMILES string of the molecule is Cc1cc(C)n(C(C)C(=O)Nc2ccc(NC(=O)C3CCCN3C(=O)C(C)C)cc2Cl)n1. The second-order valence-electron chi connectivity index (χ2n) is 8.57. The molecule has 1 aromatic heterocycles. The Hall–Kier alpha value is -2.87. The summed E-state index contributed by atoms with van der Waals surface area (Å²) in [7, 11) is 0. The quantitative estimate of drug-likeness (QED) is 0.683. The highest BCUT2D eigenvalue weighted by atomic mass is 35.5. The van der Waals surface area contributed by atoms with Gasteiger partial charge in [0.1, 0.15) is 12.1 Å². The zero-order chi connectivity index (χ0) is 23.6. The molecular formula is C23H30ClN5O3. The molecule has 0 saturated carbocycles. The Morgan fingerprint density at radius 1 is 1.12 bits per heavy atom. The summed E-state index contributed by atoms with van der Waals surface area (Å²) in [5, 5.41) is 10.3. The van der Waals surface area contributed by atoms with Crippen molar-refractivity contribution in [1.82, 2.24) is 14.7 Å². The van der Waals surface area contributed by atoms with Crippen LogP contribution in [0.2, 0.25) is 5.02 Å². The molecule has 0 radical (unpaired) electrons. The summed E-state index contributed by atoms with van der Waals surface area (Å²) in [5.41, 5.74) is 2.69. The molecule has 32 heavy (non-hydrogen) atoms. The number of benzene rings is 1. The molecule has 1 saturated heterocycles. The number of nitrogens with one attached hydrogen (secondary N) is 2. The minimum atomic E-state index is -0.508. The van der Waals surface area contributed by atoms with Crippen molar-refractivity contribution in [2.24, 2.45) is 5.92 Å². The van der Waals surface area contributed by atoms with Crippen molar-refractivity contribution in [2.45, 2.75) is 59.5 Å². The maximum absolute atomic E-state index is 12.8. The fourth-order valence-electron chi connectivity index (χ4n) is 3.94. The predicted octanol–water partition coefficient (Wildman–Crippen LogP) is 3.94. The van der Waals surface area contributed by atoms with Crippen LogP contribution in [0.1, 0.15) is 51.0 Å². The van der Waals surface area contributed by atoms with Gasteiger partial charge >= 0.3 is 0 Å². The van der Waals surface area contributed by atoms with Gasteiger partial charge in [-0.3, -0.25) is 19.1 Å². The van der Waals surface area contributed by atoms with Crippen molar-refractivity contribution in [3.63, 3.8) is 0 Å². The molecule has 1 aliphatic heterocycles. The zero-order valence-corrected chi connectivity index (χ0v) is 19.9. The first kappa shape index (κ1) is 23.8. The van der Waals surface area contributed by atoms with Crippen molar-refractivity contribution >= 4 is 40.7 Å². The van der Waals surface area contributed by atoms with E-state index in [0.717, 1.165) is 17.8 Å². The Kier molecular flexibility index (Phi) is 7.23. The van der Waals surface area contributed by atoms with E-state index >= 15 is 0 Å². The fraction of sp³-hybridized carbons (Fsp3) is 0.478. The van der Waals surface area contributed by atoms with Crippen LogP contribution in [0.25, 0.3) is 0 Å². The summed E-state index contributed by atoms with van der Waals surface area (Å²) >= 11 is 6.37. The second-order valence-corrected chi connectivity index (χ2v) is 8.97. The van der Waals surface area contributed by atoms with E-state index in [1.54, 1.807) is 34.7 Å². The van der Waals surface area contributed by atoms with Crippen LogP contribution in [0.15, 0.2) is 24.3 Å². The van der Waals surface area contributed by atoms with Gasteiger partial charge in [-0.1, -0.05) is 25.4 Å². The summed E-state index contributed by atoms with van der Waals surface area (Å²) in [6.45, 7) is 9.80. The molecule has 2 unspecified atom stereocenters. The molecule has 1 fully saturated rings. The van der Waals surface area contributed by atoms with Crippen LogP contribution in [0.4, 0.5) is 11.4 Å². The Bertz CT molecular complexity index is 1030. The van der Waals surface area contributed by atoms with E-state index in [0.29, 0.717) is 29.4 Å². The van der Waals surface area contributed by atoms with Gasteiger partial charge in [0.15, 0.2) is 0 Å². The molecular weight excluding hydrogens is 430 g/mol. The van der Waals surface area contributed by atoms with Crippen molar-refractivity contribution in [2.75, 3.05) is 17.2 Å². The molecule has 0 spiro atoms. The Morgan fingerprint density at radius 3 is 2.44 bits per heavy atom. The first-order valence-corrected chi connectivity index (χ1v) is 11.2. The number of aromatic nitrogens is 2. The maximum Gasteiger partial charge on any atom is 0.248 e. The highest BCUT2D eigenvalue weighted by molar-refractivity contribution is 6.34. The van der Waals surface area contributed by atoms with Crippen LogP contribution in [0, 0.1) is 19.8 Å². The minimum Gasteiger partial charge on any atom is -0.330 e. The molecule has 3 rings (SSSR count). The van der Waals surface area contributed by atoms with Crippen molar-refractivity contribution < 1.29 is 14.4 Å². The minimum absolute atomic E-state index is 0.0181. The average molecular weight is 460 g/mol.